The monoisotopic (exact) mass is 439 g/mol. The van der Waals surface area contributed by atoms with Crippen LogP contribution >= 0.6 is 0 Å². The number of aliphatic hydroxyl groups excluding tert-OH is 1. The van der Waals surface area contributed by atoms with E-state index in [0.717, 1.165) is 29.6 Å². The number of amidine groups is 1. The number of aliphatic imine (C=N–C) groups is 1. The Labute approximate surface area is 185 Å². The lowest BCUT2D eigenvalue weighted by Crippen LogP contribution is -2.49. The number of hydrogen-bond acceptors (Lipinski definition) is 4. The van der Waals surface area contributed by atoms with E-state index in [9.17, 15) is 14.7 Å². The highest BCUT2D eigenvalue weighted by atomic mass is 28.3. The van der Waals surface area contributed by atoms with Crippen LogP contribution in [0, 0.1) is 0 Å². The molecule has 0 spiro atoms. The Morgan fingerprint density at radius 3 is 2.39 bits per heavy atom. The molecule has 0 unspecified atom stereocenters. The molecule has 6 nitrogen and oxygen atoms in total. The summed E-state index contributed by atoms with van der Waals surface area (Å²) in [4.78, 5) is 33.1. The van der Waals surface area contributed by atoms with Gasteiger partial charge in [-0.3, -0.25) is 14.6 Å². The molecule has 4 rings (SSSR count). The van der Waals surface area contributed by atoms with Crippen molar-refractivity contribution in [2.24, 2.45) is 4.99 Å². The Bertz CT molecular complexity index is 972. The number of rotatable bonds is 5. The summed E-state index contributed by atoms with van der Waals surface area (Å²) in [6, 6.07) is 9.41. The van der Waals surface area contributed by atoms with Gasteiger partial charge in [0.2, 0.25) is 11.8 Å². The van der Waals surface area contributed by atoms with E-state index >= 15 is 0 Å². The number of amides is 2. The normalized spacial score (nSPS) is 22.1. The second kappa shape index (κ2) is 7.41. The third-order valence-electron chi connectivity index (χ3n) is 7.58. The van der Waals surface area contributed by atoms with E-state index in [-0.39, 0.29) is 23.5 Å². The van der Waals surface area contributed by atoms with E-state index in [1.807, 2.05) is 49.1 Å². The van der Waals surface area contributed by atoms with Gasteiger partial charge in [-0.2, -0.15) is 0 Å². The maximum Gasteiger partial charge on any atom is 0.233 e. The number of hydrogen-bond donors (Lipinski definition) is 2. The van der Waals surface area contributed by atoms with E-state index in [0.29, 0.717) is 18.9 Å². The van der Waals surface area contributed by atoms with Gasteiger partial charge in [0, 0.05) is 10.6 Å². The van der Waals surface area contributed by atoms with E-state index in [2.05, 4.69) is 30.0 Å². The second-order valence-corrected chi connectivity index (χ2v) is 16.0. The van der Waals surface area contributed by atoms with Crippen LogP contribution in [0.15, 0.2) is 46.5 Å². The van der Waals surface area contributed by atoms with Crippen LogP contribution in [-0.4, -0.2) is 61.0 Å². The lowest BCUT2D eigenvalue weighted by Gasteiger charge is -2.36. The number of carbonyl (C=O) groups excluding carboxylic acids is 2. The Balaban J connectivity index is 1.54. The van der Waals surface area contributed by atoms with Crippen LogP contribution in [0.2, 0.25) is 24.7 Å². The minimum Gasteiger partial charge on any atom is -0.395 e. The number of benzene rings is 1. The van der Waals surface area contributed by atoms with E-state index < -0.39 is 19.5 Å². The summed E-state index contributed by atoms with van der Waals surface area (Å²) in [5.74, 6) is 0.0315. The van der Waals surface area contributed by atoms with Gasteiger partial charge >= 0.3 is 0 Å². The fraction of sp³-hybridized carbons (Fsp3) is 0.542. The molecule has 1 aromatic carbocycles. The van der Waals surface area contributed by atoms with Crippen LogP contribution in [0.25, 0.3) is 0 Å². The van der Waals surface area contributed by atoms with Gasteiger partial charge in [-0.1, -0.05) is 50.0 Å². The molecule has 7 heteroatoms. The van der Waals surface area contributed by atoms with Crippen LogP contribution < -0.4 is 5.32 Å². The quantitative estimate of drug-likeness (QED) is 0.692. The lowest BCUT2D eigenvalue weighted by molar-refractivity contribution is -0.136. The van der Waals surface area contributed by atoms with Crippen LogP contribution in [0.1, 0.15) is 38.2 Å². The first-order valence-electron chi connectivity index (χ1n) is 11.1. The van der Waals surface area contributed by atoms with Gasteiger partial charge < -0.3 is 15.3 Å². The molecule has 0 saturated heterocycles. The largest absolute Gasteiger partial charge is 0.395 e. The fourth-order valence-corrected chi connectivity index (χ4v) is 7.45. The molecule has 2 heterocycles. The minimum atomic E-state index is -1.63. The standard InChI is InChI=1S/C24H33N3O3Si/c1-23(2)19-13-25-20(26-22(30)24(11-12-24)31(3,4)5)17(19)14-27(23)21(29)18(15-28)16-9-7-6-8-10-16/h6-10,18,28H,11-15H2,1-5H3,(H,25,26,30)/t18-/m1/s1. The van der Waals surface area contributed by atoms with Gasteiger partial charge in [0.15, 0.2) is 0 Å². The summed E-state index contributed by atoms with van der Waals surface area (Å²) in [6.07, 6.45) is 1.91. The second-order valence-electron chi connectivity index (χ2n) is 10.5. The predicted molar refractivity (Wildman–Crippen MR) is 125 cm³/mol. The number of aliphatic hydroxyl groups is 1. The van der Waals surface area contributed by atoms with Gasteiger partial charge in [-0.25, -0.2) is 0 Å². The van der Waals surface area contributed by atoms with E-state index in [1.54, 1.807) is 0 Å². The molecular weight excluding hydrogens is 406 g/mol. The van der Waals surface area contributed by atoms with Crippen molar-refractivity contribution in [3.8, 4) is 0 Å². The molecule has 31 heavy (non-hydrogen) atoms. The Hall–Kier alpha value is -2.25. The first-order valence-corrected chi connectivity index (χ1v) is 14.6. The Morgan fingerprint density at radius 2 is 1.84 bits per heavy atom. The van der Waals surface area contributed by atoms with Crippen molar-refractivity contribution in [3.05, 3.63) is 47.0 Å². The van der Waals surface area contributed by atoms with Crippen LogP contribution in [-0.2, 0) is 9.59 Å². The molecule has 166 valence electrons. The molecule has 1 aromatic rings. The number of nitrogens with zero attached hydrogens (tertiary/aromatic N) is 2. The van der Waals surface area contributed by atoms with Crippen molar-refractivity contribution in [1.29, 1.82) is 0 Å². The maximum atomic E-state index is 13.5. The first kappa shape index (κ1) is 22.0. The SMILES string of the molecule is CC1(C)C2=C(CN1C(=O)[C@H](CO)c1ccccc1)C(NC(=O)C1([Si](C)(C)C)CC1)=NC2. The highest BCUT2D eigenvalue weighted by molar-refractivity contribution is 6.83. The maximum absolute atomic E-state index is 13.5. The Kier molecular flexibility index (Phi) is 5.25. The minimum absolute atomic E-state index is 0.0965. The molecule has 0 bridgehead atoms. The molecule has 1 aliphatic carbocycles. The predicted octanol–water partition coefficient (Wildman–Crippen LogP) is 3.08. The average molecular weight is 440 g/mol. The molecule has 2 amide bonds. The summed E-state index contributed by atoms with van der Waals surface area (Å²) in [6.45, 7) is 11.5. The van der Waals surface area contributed by atoms with Crippen molar-refractivity contribution in [2.75, 3.05) is 19.7 Å². The molecule has 0 aromatic heterocycles. The zero-order valence-corrected chi connectivity index (χ0v) is 20.2. The average Bonchev–Trinajstić information content (AvgIpc) is 3.38. The van der Waals surface area contributed by atoms with Gasteiger partial charge in [0.25, 0.3) is 0 Å². The van der Waals surface area contributed by atoms with E-state index in [1.165, 1.54) is 0 Å². The third-order valence-corrected chi connectivity index (χ3v) is 11.2. The highest BCUT2D eigenvalue weighted by Gasteiger charge is 2.59. The summed E-state index contributed by atoms with van der Waals surface area (Å²) in [5, 5.41) is 12.9. The summed E-state index contributed by atoms with van der Waals surface area (Å²) >= 11 is 0. The zero-order chi connectivity index (χ0) is 22.6. The molecule has 1 atom stereocenters. The van der Waals surface area contributed by atoms with Crippen LogP contribution in [0.5, 0.6) is 0 Å². The lowest BCUT2D eigenvalue weighted by atomic mass is 9.91. The fourth-order valence-electron chi connectivity index (χ4n) is 5.08. The molecule has 2 N–H and O–H groups in total. The van der Waals surface area contributed by atoms with Crippen molar-refractivity contribution in [3.63, 3.8) is 0 Å². The summed E-state index contributed by atoms with van der Waals surface area (Å²) < 4.78 is 0. The molecule has 1 saturated carbocycles. The van der Waals surface area contributed by atoms with Crippen LogP contribution in [0.3, 0.4) is 0 Å². The Morgan fingerprint density at radius 1 is 1.19 bits per heavy atom. The molecule has 1 fully saturated rings. The van der Waals surface area contributed by atoms with Crippen molar-refractivity contribution < 1.29 is 14.7 Å². The van der Waals surface area contributed by atoms with Gasteiger partial charge in [0.05, 0.1) is 39.2 Å². The van der Waals surface area contributed by atoms with Crippen molar-refractivity contribution >= 4 is 25.7 Å². The molecule has 2 aliphatic heterocycles. The molecule has 0 radical (unpaired) electrons. The van der Waals surface area contributed by atoms with Crippen molar-refractivity contribution in [1.82, 2.24) is 10.2 Å². The first-order chi connectivity index (χ1) is 14.5. The van der Waals surface area contributed by atoms with Gasteiger partial charge in [-0.15, -0.1) is 0 Å². The zero-order valence-electron chi connectivity index (χ0n) is 19.2. The summed E-state index contributed by atoms with van der Waals surface area (Å²) in [7, 11) is -1.63. The van der Waals surface area contributed by atoms with Crippen molar-refractivity contribution in [2.45, 2.75) is 62.8 Å². The smallest absolute Gasteiger partial charge is 0.233 e. The van der Waals surface area contributed by atoms with Gasteiger partial charge in [0.1, 0.15) is 5.84 Å². The van der Waals surface area contributed by atoms with Gasteiger partial charge in [-0.05, 0) is 37.8 Å². The molecule has 3 aliphatic rings. The summed E-state index contributed by atoms with van der Waals surface area (Å²) in [5.41, 5.74) is 2.34. The number of carbonyl (C=O) groups is 2. The topological polar surface area (TPSA) is 82.0 Å². The van der Waals surface area contributed by atoms with Crippen LogP contribution in [0.4, 0.5) is 0 Å². The third kappa shape index (κ3) is 3.48. The molecular formula is C24H33N3O3Si. The number of nitrogens with one attached hydrogen (secondary N) is 1. The highest BCUT2D eigenvalue weighted by Crippen LogP contribution is 2.60. The van der Waals surface area contributed by atoms with E-state index in [4.69, 9.17) is 0 Å².